The fourth-order valence-electron chi connectivity index (χ4n) is 2.89. The fourth-order valence-corrected chi connectivity index (χ4v) is 4.40. The van der Waals surface area contributed by atoms with Gasteiger partial charge < -0.3 is 16.0 Å². The maximum absolute atomic E-state index is 12.6. The van der Waals surface area contributed by atoms with Gasteiger partial charge in [0, 0.05) is 37.8 Å². The lowest BCUT2D eigenvalue weighted by Gasteiger charge is -2.19. The van der Waals surface area contributed by atoms with Gasteiger partial charge in [0.05, 0.1) is 11.4 Å². The van der Waals surface area contributed by atoms with Crippen molar-refractivity contribution in [3.05, 3.63) is 29.8 Å². The zero-order chi connectivity index (χ0) is 19.3. The molecule has 1 heterocycles. The van der Waals surface area contributed by atoms with E-state index in [4.69, 9.17) is 5.73 Å². The van der Waals surface area contributed by atoms with Crippen molar-refractivity contribution in [2.24, 2.45) is 5.73 Å². The molecule has 0 aliphatic carbocycles. The molecule has 0 bridgehead atoms. The summed E-state index contributed by atoms with van der Waals surface area (Å²) in [5.41, 5.74) is 5.97. The van der Waals surface area contributed by atoms with Crippen molar-refractivity contribution in [1.29, 1.82) is 0 Å². The molecule has 1 aliphatic rings. The molecular formula is C17H27ClN4O4S. The average molecular weight is 419 g/mol. The minimum atomic E-state index is -3.64. The Morgan fingerprint density at radius 1 is 1.30 bits per heavy atom. The van der Waals surface area contributed by atoms with E-state index in [1.807, 2.05) is 0 Å². The number of nitrogens with one attached hydrogen (secondary N) is 1. The van der Waals surface area contributed by atoms with Crippen LogP contribution in [0.25, 0.3) is 0 Å². The molecule has 1 aromatic carbocycles. The molecule has 1 aromatic rings. The second-order valence-electron chi connectivity index (χ2n) is 6.19. The van der Waals surface area contributed by atoms with Crippen molar-refractivity contribution in [2.45, 2.75) is 31.2 Å². The van der Waals surface area contributed by atoms with Crippen LogP contribution in [0.1, 0.15) is 30.6 Å². The number of amides is 2. The van der Waals surface area contributed by atoms with E-state index in [9.17, 15) is 18.0 Å². The Hall–Kier alpha value is -1.68. The van der Waals surface area contributed by atoms with Gasteiger partial charge in [-0.2, -0.15) is 4.31 Å². The Labute approximate surface area is 166 Å². The van der Waals surface area contributed by atoms with E-state index in [1.165, 1.54) is 28.6 Å². The van der Waals surface area contributed by atoms with Gasteiger partial charge in [0.25, 0.3) is 5.91 Å². The summed E-state index contributed by atoms with van der Waals surface area (Å²) in [7, 11) is -3.64. The highest BCUT2D eigenvalue weighted by molar-refractivity contribution is 7.89. The number of sulfonamides is 1. The summed E-state index contributed by atoms with van der Waals surface area (Å²) in [5.74, 6) is -0.684. The van der Waals surface area contributed by atoms with Crippen LogP contribution >= 0.6 is 12.4 Å². The van der Waals surface area contributed by atoms with Crippen LogP contribution in [0.3, 0.4) is 0 Å². The molecule has 152 valence electrons. The van der Waals surface area contributed by atoms with E-state index in [1.54, 1.807) is 18.7 Å². The lowest BCUT2D eigenvalue weighted by atomic mass is 10.2. The zero-order valence-electron chi connectivity index (χ0n) is 15.6. The van der Waals surface area contributed by atoms with Crippen LogP contribution in [0, 0.1) is 0 Å². The average Bonchev–Trinajstić information content (AvgIpc) is 3.07. The molecule has 0 aromatic heterocycles. The number of nitrogens with zero attached hydrogens (tertiary/aromatic N) is 2. The van der Waals surface area contributed by atoms with Crippen molar-refractivity contribution in [2.75, 3.05) is 32.7 Å². The summed E-state index contributed by atoms with van der Waals surface area (Å²) in [6.07, 6.45) is 0.755. The van der Waals surface area contributed by atoms with Crippen LogP contribution in [0.5, 0.6) is 0 Å². The van der Waals surface area contributed by atoms with E-state index in [0.29, 0.717) is 26.2 Å². The summed E-state index contributed by atoms with van der Waals surface area (Å²) in [6, 6.07) is 5.82. The van der Waals surface area contributed by atoms with Crippen molar-refractivity contribution < 1.29 is 18.0 Å². The van der Waals surface area contributed by atoms with Gasteiger partial charge in [-0.15, -0.1) is 12.4 Å². The van der Waals surface area contributed by atoms with Crippen LogP contribution in [0.4, 0.5) is 0 Å². The van der Waals surface area contributed by atoms with Crippen LogP contribution in [-0.2, 0) is 14.8 Å². The van der Waals surface area contributed by atoms with E-state index in [0.717, 1.165) is 6.42 Å². The summed E-state index contributed by atoms with van der Waals surface area (Å²) in [5, 5.41) is 2.55. The molecule has 0 spiro atoms. The Kier molecular flexibility index (Phi) is 8.67. The molecule has 2 amide bonds. The quantitative estimate of drug-likeness (QED) is 0.666. The fraction of sp³-hybridized carbons (Fsp3) is 0.529. The highest BCUT2D eigenvalue weighted by atomic mass is 35.5. The molecule has 8 nitrogen and oxygen atoms in total. The van der Waals surface area contributed by atoms with Crippen LogP contribution in [0.2, 0.25) is 0 Å². The molecule has 1 fully saturated rings. The smallest absolute Gasteiger partial charge is 0.251 e. The Bertz CT molecular complexity index is 768. The van der Waals surface area contributed by atoms with E-state index < -0.39 is 15.9 Å². The lowest BCUT2D eigenvalue weighted by Crippen LogP contribution is -2.40. The first-order valence-corrected chi connectivity index (χ1v) is 10.1. The minimum Gasteiger partial charge on any atom is -0.343 e. The molecule has 0 radical (unpaired) electrons. The second-order valence-corrected chi connectivity index (χ2v) is 8.13. The number of hydrogen-bond donors (Lipinski definition) is 2. The third-order valence-electron chi connectivity index (χ3n) is 4.42. The van der Waals surface area contributed by atoms with Gasteiger partial charge in [-0.25, -0.2) is 8.42 Å². The van der Waals surface area contributed by atoms with Crippen LogP contribution in [-0.4, -0.2) is 68.2 Å². The molecule has 1 saturated heterocycles. The molecule has 2 rings (SSSR count). The minimum absolute atomic E-state index is 0. The third kappa shape index (κ3) is 5.65. The van der Waals surface area contributed by atoms with Gasteiger partial charge in [0.2, 0.25) is 15.9 Å². The summed E-state index contributed by atoms with van der Waals surface area (Å²) in [6.45, 7) is 5.16. The molecule has 1 aliphatic heterocycles. The maximum Gasteiger partial charge on any atom is 0.251 e. The molecule has 10 heteroatoms. The first-order valence-electron chi connectivity index (χ1n) is 8.71. The zero-order valence-corrected chi connectivity index (χ0v) is 17.2. The highest BCUT2D eigenvalue weighted by Crippen LogP contribution is 2.17. The monoisotopic (exact) mass is 418 g/mol. The van der Waals surface area contributed by atoms with Gasteiger partial charge >= 0.3 is 0 Å². The normalized spacial score (nSPS) is 16.9. The van der Waals surface area contributed by atoms with Gasteiger partial charge in [-0.1, -0.05) is 19.9 Å². The first-order chi connectivity index (χ1) is 12.3. The number of hydrogen-bond acceptors (Lipinski definition) is 5. The number of nitrogens with two attached hydrogens (primary N) is 1. The molecular weight excluding hydrogens is 392 g/mol. The predicted octanol–water partition coefficient (Wildman–Crippen LogP) is 0.428. The van der Waals surface area contributed by atoms with Crippen molar-refractivity contribution >= 4 is 34.2 Å². The largest absolute Gasteiger partial charge is 0.343 e. The standard InChI is InChI=1S/C17H26N4O4S.ClH/c1-3-21(4-2)26(24,25)15-7-5-6-13(10-15)17(23)19-11-16(22)20-9-8-14(18)12-20;/h5-7,10,14H,3-4,8-9,11-12,18H2,1-2H3,(H,19,23);1H/t14-;/m1./s1. The topological polar surface area (TPSA) is 113 Å². The van der Waals surface area contributed by atoms with Crippen molar-refractivity contribution in [3.63, 3.8) is 0 Å². The number of benzene rings is 1. The van der Waals surface area contributed by atoms with Gasteiger partial charge in [-0.3, -0.25) is 9.59 Å². The van der Waals surface area contributed by atoms with Crippen LogP contribution in [0.15, 0.2) is 29.2 Å². The molecule has 3 N–H and O–H groups in total. The van der Waals surface area contributed by atoms with E-state index >= 15 is 0 Å². The molecule has 0 unspecified atom stereocenters. The SMILES string of the molecule is CCN(CC)S(=O)(=O)c1cccc(C(=O)NCC(=O)N2CC[C@@H](N)C2)c1.Cl. The second kappa shape index (κ2) is 10.0. The Balaban J connectivity index is 0.00000364. The number of halogens is 1. The van der Waals surface area contributed by atoms with E-state index in [2.05, 4.69) is 5.32 Å². The van der Waals surface area contributed by atoms with Crippen molar-refractivity contribution in [1.82, 2.24) is 14.5 Å². The third-order valence-corrected chi connectivity index (χ3v) is 6.46. The summed E-state index contributed by atoms with van der Waals surface area (Å²) >= 11 is 0. The number of carbonyl (C=O) groups is 2. The lowest BCUT2D eigenvalue weighted by molar-refractivity contribution is -0.129. The molecule has 0 saturated carbocycles. The Morgan fingerprint density at radius 2 is 1.96 bits per heavy atom. The van der Waals surface area contributed by atoms with E-state index in [-0.39, 0.29) is 41.4 Å². The molecule has 27 heavy (non-hydrogen) atoms. The van der Waals surface area contributed by atoms with Crippen molar-refractivity contribution in [3.8, 4) is 0 Å². The first kappa shape index (κ1) is 23.4. The molecule has 1 atom stereocenters. The predicted molar refractivity (Wildman–Crippen MR) is 105 cm³/mol. The Morgan fingerprint density at radius 3 is 2.52 bits per heavy atom. The van der Waals surface area contributed by atoms with Gasteiger partial charge in [0.15, 0.2) is 0 Å². The summed E-state index contributed by atoms with van der Waals surface area (Å²) in [4.78, 5) is 26.1. The number of rotatable bonds is 7. The van der Waals surface area contributed by atoms with Gasteiger partial charge in [-0.05, 0) is 24.6 Å². The number of likely N-dealkylation sites (tertiary alicyclic amines) is 1. The van der Waals surface area contributed by atoms with Gasteiger partial charge in [0.1, 0.15) is 0 Å². The summed E-state index contributed by atoms with van der Waals surface area (Å²) < 4.78 is 26.4. The maximum atomic E-state index is 12.6. The van der Waals surface area contributed by atoms with Crippen LogP contribution < -0.4 is 11.1 Å². The highest BCUT2D eigenvalue weighted by Gasteiger charge is 2.25. The number of carbonyl (C=O) groups excluding carboxylic acids is 2.